The lowest BCUT2D eigenvalue weighted by molar-refractivity contribution is -0.122. The lowest BCUT2D eigenvalue weighted by Gasteiger charge is -2.28. The molecule has 0 bridgehead atoms. The van der Waals surface area contributed by atoms with E-state index in [0.29, 0.717) is 6.54 Å². The zero-order valence-electron chi connectivity index (χ0n) is 16.3. The van der Waals surface area contributed by atoms with Crippen LogP contribution in [0.3, 0.4) is 0 Å². The van der Waals surface area contributed by atoms with Crippen LogP contribution in [0, 0.1) is 0 Å². The van der Waals surface area contributed by atoms with E-state index in [4.69, 9.17) is 0 Å². The number of carbonyl (C=O) groups is 1. The van der Waals surface area contributed by atoms with Gasteiger partial charge in [0.1, 0.15) is 6.54 Å². The number of rotatable bonds is 5. The third-order valence-electron chi connectivity index (χ3n) is 5.94. The first-order chi connectivity index (χ1) is 14.3. The van der Waals surface area contributed by atoms with Gasteiger partial charge in [-0.15, -0.1) is 5.10 Å². The number of hydrogen-bond donors (Lipinski definition) is 1. The molecule has 0 saturated carbocycles. The van der Waals surface area contributed by atoms with E-state index in [1.165, 1.54) is 22.3 Å². The summed E-state index contributed by atoms with van der Waals surface area (Å²) in [6.45, 7) is 2.63. The molecule has 7 heteroatoms. The molecule has 1 N–H and O–H groups in total. The fourth-order valence-electron chi connectivity index (χ4n) is 4.43. The first-order valence-electron chi connectivity index (χ1n) is 10.2. The van der Waals surface area contributed by atoms with Crippen molar-refractivity contribution in [1.82, 2.24) is 30.4 Å². The van der Waals surface area contributed by atoms with Crippen LogP contribution in [-0.4, -0.2) is 37.6 Å². The molecule has 5 rings (SSSR count). The summed E-state index contributed by atoms with van der Waals surface area (Å²) in [5.41, 5.74) is 5.33. The molecular formula is C22H24N6O. The maximum absolute atomic E-state index is 12.6. The van der Waals surface area contributed by atoms with Crippen molar-refractivity contribution in [2.75, 3.05) is 6.54 Å². The van der Waals surface area contributed by atoms with E-state index >= 15 is 0 Å². The second-order valence-corrected chi connectivity index (χ2v) is 7.84. The Morgan fingerprint density at radius 3 is 2.72 bits per heavy atom. The molecule has 2 aliphatic rings. The maximum Gasteiger partial charge on any atom is 0.242 e. The number of tetrazole rings is 1. The summed E-state index contributed by atoms with van der Waals surface area (Å²) in [5.74, 6) is 0.676. The van der Waals surface area contributed by atoms with Gasteiger partial charge in [-0.2, -0.15) is 0 Å². The Kier molecular flexibility index (Phi) is 4.81. The molecule has 1 aromatic heterocycles. The van der Waals surface area contributed by atoms with Gasteiger partial charge in [-0.05, 0) is 51.9 Å². The molecule has 0 radical (unpaired) electrons. The molecule has 1 aliphatic carbocycles. The maximum atomic E-state index is 12.6. The average molecular weight is 388 g/mol. The summed E-state index contributed by atoms with van der Waals surface area (Å²) in [5, 5.41) is 15.2. The van der Waals surface area contributed by atoms with E-state index in [1.807, 2.05) is 6.07 Å². The minimum absolute atomic E-state index is 0.0516. The van der Waals surface area contributed by atoms with Gasteiger partial charge in [0.15, 0.2) is 5.82 Å². The second-order valence-electron chi connectivity index (χ2n) is 7.84. The highest BCUT2D eigenvalue weighted by molar-refractivity contribution is 5.76. The number of carbonyl (C=O) groups excluding carboxylic acids is 1. The Morgan fingerprint density at radius 1 is 1.03 bits per heavy atom. The van der Waals surface area contributed by atoms with Crippen molar-refractivity contribution in [3.05, 3.63) is 76.6 Å². The smallest absolute Gasteiger partial charge is 0.242 e. The highest BCUT2D eigenvalue weighted by atomic mass is 16.2. The first-order valence-corrected chi connectivity index (χ1v) is 10.2. The number of nitrogens with zero attached hydrogens (tertiary/aromatic N) is 5. The number of benzene rings is 2. The number of aryl methyl sites for hydroxylation is 1. The molecule has 2 heterocycles. The zero-order valence-corrected chi connectivity index (χ0v) is 16.3. The second kappa shape index (κ2) is 7.75. The van der Waals surface area contributed by atoms with E-state index < -0.39 is 0 Å². The van der Waals surface area contributed by atoms with Gasteiger partial charge in [0.25, 0.3) is 0 Å². The van der Waals surface area contributed by atoms with E-state index in [1.54, 1.807) is 4.68 Å². The van der Waals surface area contributed by atoms with Gasteiger partial charge in [-0.3, -0.25) is 9.69 Å². The Balaban J connectivity index is 1.22. The van der Waals surface area contributed by atoms with Gasteiger partial charge in [0, 0.05) is 13.1 Å². The molecule has 1 amide bonds. The van der Waals surface area contributed by atoms with Crippen molar-refractivity contribution in [2.45, 2.75) is 44.9 Å². The van der Waals surface area contributed by atoms with Gasteiger partial charge >= 0.3 is 0 Å². The van der Waals surface area contributed by atoms with Gasteiger partial charge in [-0.1, -0.05) is 48.5 Å². The lowest BCUT2D eigenvalue weighted by Crippen LogP contribution is -2.34. The average Bonchev–Trinajstić information content (AvgIpc) is 3.35. The molecular weight excluding hydrogens is 364 g/mol. The number of aromatic nitrogens is 4. The third kappa shape index (κ3) is 3.78. The first kappa shape index (κ1) is 18.0. The van der Waals surface area contributed by atoms with Gasteiger partial charge in [0.2, 0.25) is 5.91 Å². The van der Waals surface area contributed by atoms with Crippen molar-refractivity contribution in [3.8, 4) is 0 Å². The summed E-state index contributed by atoms with van der Waals surface area (Å²) >= 11 is 0. The quantitative estimate of drug-likeness (QED) is 0.724. The van der Waals surface area contributed by atoms with Crippen molar-refractivity contribution in [3.63, 3.8) is 0 Å². The summed E-state index contributed by atoms with van der Waals surface area (Å²) in [7, 11) is 0. The molecule has 1 aliphatic heterocycles. The fraction of sp³-hybridized carbons (Fsp3) is 0.364. The molecule has 1 unspecified atom stereocenters. The number of hydrogen-bond acceptors (Lipinski definition) is 5. The zero-order chi connectivity index (χ0) is 19.6. The van der Waals surface area contributed by atoms with Gasteiger partial charge in [0.05, 0.1) is 12.6 Å². The predicted molar refractivity (Wildman–Crippen MR) is 108 cm³/mol. The predicted octanol–water partition coefficient (Wildman–Crippen LogP) is 2.04. The minimum atomic E-state index is -0.0516. The van der Waals surface area contributed by atoms with Crippen molar-refractivity contribution >= 4 is 5.91 Å². The minimum Gasteiger partial charge on any atom is -0.348 e. The molecule has 0 spiro atoms. The van der Waals surface area contributed by atoms with Crippen LogP contribution >= 0.6 is 0 Å². The number of amides is 1. The van der Waals surface area contributed by atoms with Crippen molar-refractivity contribution in [2.24, 2.45) is 0 Å². The summed E-state index contributed by atoms with van der Waals surface area (Å²) in [6, 6.07) is 16.9. The molecule has 0 saturated heterocycles. The van der Waals surface area contributed by atoms with E-state index in [0.717, 1.165) is 38.2 Å². The molecule has 3 aromatic rings. The summed E-state index contributed by atoms with van der Waals surface area (Å²) in [6.07, 6.45) is 2.98. The standard InChI is InChI=1S/C22H24N6O/c29-22(23-20-10-9-17-6-3-4-8-19(17)20)15-28-21(24-25-26-28)14-27-12-11-16-5-1-2-7-18(16)13-27/h1-8,20H,9-15H2,(H,23,29). The summed E-state index contributed by atoms with van der Waals surface area (Å²) < 4.78 is 1.62. The Morgan fingerprint density at radius 2 is 1.83 bits per heavy atom. The van der Waals surface area contributed by atoms with Crippen LogP contribution in [0.2, 0.25) is 0 Å². The highest BCUT2D eigenvalue weighted by Gasteiger charge is 2.24. The summed E-state index contributed by atoms with van der Waals surface area (Å²) in [4.78, 5) is 15.0. The number of nitrogens with one attached hydrogen (secondary N) is 1. The lowest BCUT2D eigenvalue weighted by atomic mass is 10.00. The van der Waals surface area contributed by atoms with E-state index in [-0.39, 0.29) is 18.5 Å². The van der Waals surface area contributed by atoms with Crippen LogP contribution in [-0.2, 0) is 37.3 Å². The van der Waals surface area contributed by atoms with Crippen LogP contribution in [0.4, 0.5) is 0 Å². The highest BCUT2D eigenvalue weighted by Crippen LogP contribution is 2.30. The normalized spacial score (nSPS) is 18.3. The topological polar surface area (TPSA) is 75.9 Å². The number of fused-ring (bicyclic) bond motifs is 2. The van der Waals surface area contributed by atoms with Crippen molar-refractivity contribution < 1.29 is 4.79 Å². The van der Waals surface area contributed by atoms with Crippen LogP contribution in [0.15, 0.2) is 48.5 Å². The Labute approximate surface area is 169 Å². The van der Waals surface area contributed by atoms with Crippen LogP contribution < -0.4 is 5.32 Å². The van der Waals surface area contributed by atoms with Crippen LogP contribution in [0.1, 0.15) is 40.5 Å². The molecule has 0 fully saturated rings. The van der Waals surface area contributed by atoms with Crippen molar-refractivity contribution in [1.29, 1.82) is 0 Å². The van der Waals surface area contributed by atoms with Gasteiger partial charge in [-0.25, -0.2) is 4.68 Å². The third-order valence-corrected chi connectivity index (χ3v) is 5.94. The molecule has 29 heavy (non-hydrogen) atoms. The fourth-order valence-corrected chi connectivity index (χ4v) is 4.43. The van der Waals surface area contributed by atoms with Gasteiger partial charge < -0.3 is 5.32 Å². The Bertz CT molecular complexity index is 1030. The molecule has 7 nitrogen and oxygen atoms in total. The SMILES string of the molecule is O=C(Cn1nnnc1CN1CCc2ccccc2C1)NC1CCc2ccccc21. The molecule has 1 atom stereocenters. The van der Waals surface area contributed by atoms with Crippen LogP contribution in [0.5, 0.6) is 0 Å². The molecule has 2 aromatic carbocycles. The Hall–Kier alpha value is -3.06. The monoisotopic (exact) mass is 388 g/mol. The largest absolute Gasteiger partial charge is 0.348 e. The molecule has 148 valence electrons. The van der Waals surface area contributed by atoms with E-state index in [2.05, 4.69) is 68.2 Å². The van der Waals surface area contributed by atoms with E-state index in [9.17, 15) is 4.79 Å². The van der Waals surface area contributed by atoms with Crippen LogP contribution in [0.25, 0.3) is 0 Å².